The molecular formula is C14H17NO5. The third-order valence-corrected chi connectivity index (χ3v) is 2.38. The van der Waals surface area contributed by atoms with Crippen LogP contribution in [0.15, 0.2) is 24.3 Å². The van der Waals surface area contributed by atoms with Gasteiger partial charge in [-0.25, -0.2) is 0 Å². The summed E-state index contributed by atoms with van der Waals surface area (Å²) in [5.41, 5.74) is 0.529. The van der Waals surface area contributed by atoms with Crippen LogP contribution in [0.2, 0.25) is 0 Å². The zero-order chi connectivity index (χ0) is 15.1. The Balaban J connectivity index is 2.84. The monoisotopic (exact) mass is 279 g/mol. The van der Waals surface area contributed by atoms with Crippen LogP contribution in [0, 0.1) is 0 Å². The SMILES string of the molecule is CCOC(=O)CN(C(C)=O)c1ccc(OC(C)=O)cc1. The van der Waals surface area contributed by atoms with E-state index in [1.165, 1.54) is 18.7 Å². The van der Waals surface area contributed by atoms with Crippen molar-refractivity contribution in [3.8, 4) is 5.75 Å². The maximum absolute atomic E-state index is 11.6. The van der Waals surface area contributed by atoms with Gasteiger partial charge in [-0.15, -0.1) is 0 Å². The van der Waals surface area contributed by atoms with Crippen molar-refractivity contribution >= 4 is 23.5 Å². The van der Waals surface area contributed by atoms with Gasteiger partial charge in [-0.05, 0) is 31.2 Å². The third-order valence-electron chi connectivity index (χ3n) is 2.38. The molecule has 0 bridgehead atoms. The molecule has 0 fully saturated rings. The van der Waals surface area contributed by atoms with Gasteiger partial charge in [0.2, 0.25) is 5.91 Å². The molecule has 0 unspecified atom stereocenters. The summed E-state index contributed by atoms with van der Waals surface area (Å²) in [6, 6.07) is 6.30. The number of esters is 2. The van der Waals surface area contributed by atoms with Gasteiger partial charge in [0.25, 0.3) is 0 Å². The first kappa shape index (κ1) is 15.7. The number of rotatable bonds is 5. The minimum Gasteiger partial charge on any atom is -0.465 e. The largest absolute Gasteiger partial charge is 0.465 e. The average molecular weight is 279 g/mol. The van der Waals surface area contributed by atoms with Gasteiger partial charge in [-0.1, -0.05) is 0 Å². The summed E-state index contributed by atoms with van der Waals surface area (Å²) in [5.74, 6) is -0.807. The number of benzene rings is 1. The summed E-state index contributed by atoms with van der Waals surface area (Å²) in [6.45, 7) is 4.46. The smallest absolute Gasteiger partial charge is 0.326 e. The molecule has 0 aromatic heterocycles. The van der Waals surface area contributed by atoms with Crippen molar-refractivity contribution in [3.63, 3.8) is 0 Å². The number of hydrogen-bond donors (Lipinski definition) is 0. The van der Waals surface area contributed by atoms with Crippen molar-refractivity contribution in [2.75, 3.05) is 18.1 Å². The Morgan fingerprint density at radius 1 is 1.10 bits per heavy atom. The van der Waals surface area contributed by atoms with Crippen LogP contribution < -0.4 is 9.64 Å². The highest BCUT2D eigenvalue weighted by Gasteiger charge is 2.16. The highest BCUT2D eigenvalue weighted by molar-refractivity contribution is 5.96. The lowest BCUT2D eigenvalue weighted by Crippen LogP contribution is -2.34. The molecule has 0 heterocycles. The molecule has 6 heteroatoms. The van der Waals surface area contributed by atoms with Crippen molar-refractivity contribution in [1.82, 2.24) is 0 Å². The van der Waals surface area contributed by atoms with Crippen LogP contribution in [0.5, 0.6) is 5.75 Å². The molecule has 0 radical (unpaired) electrons. The van der Waals surface area contributed by atoms with E-state index in [2.05, 4.69) is 0 Å². The molecule has 108 valence electrons. The van der Waals surface area contributed by atoms with E-state index in [-0.39, 0.29) is 19.1 Å². The van der Waals surface area contributed by atoms with Gasteiger partial charge in [0.15, 0.2) is 0 Å². The summed E-state index contributed by atoms with van der Waals surface area (Å²) >= 11 is 0. The van der Waals surface area contributed by atoms with Gasteiger partial charge in [0, 0.05) is 19.5 Å². The van der Waals surface area contributed by atoms with E-state index in [1.54, 1.807) is 31.2 Å². The maximum atomic E-state index is 11.6. The molecule has 6 nitrogen and oxygen atoms in total. The van der Waals surface area contributed by atoms with Crippen molar-refractivity contribution in [2.24, 2.45) is 0 Å². The Labute approximate surface area is 117 Å². The molecule has 1 aromatic rings. The lowest BCUT2D eigenvalue weighted by Gasteiger charge is -2.20. The first-order valence-corrected chi connectivity index (χ1v) is 6.16. The van der Waals surface area contributed by atoms with Crippen LogP contribution in [0.4, 0.5) is 5.69 Å². The van der Waals surface area contributed by atoms with E-state index in [0.29, 0.717) is 11.4 Å². The second-order valence-electron chi connectivity index (χ2n) is 4.00. The molecule has 0 aliphatic rings. The Bertz CT molecular complexity index is 495. The molecule has 0 saturated heterocycles. The first-order valence-electron chi connectivity index (χ1n) is 6.16. The highest BCUT2D eigenvalue weighted by atomic mass is 16.5. The minimum absolute atomic E-state index is 0.157. The summed E-state index contributed by atoms with van der Waals surface area (Å²) < 4.78 is 9.71. The highest BCUT2D eigenvalue weighted by Crippen LogP contribution is 2.19. The summed E-state index contributed by atoms with van der Waals surface area (Å²) in [6.07, 6.45) is 0. The number of nitrogens with zero attached hydrogens (tertiary/aromatic N) is 1. The minimum atomic E-state index is -0.480. The lowest BCUT2D eigenvalue weighted by atomic mass is 10.2. The summed E-state index contributed by atoms with van der Waals surface area (Å²) in [7, 11) is 0. The zero-order valence-corrected chi connectivity index (χ0v) is 11.7. The Morgan fingerprint density at radius 3 is 2.15 bits per heavy atom. The van der Waals surface area contributed by atoms with Crippen LogP contribution in [-0.2, 0) is 19.1 Å². The normalized spacial score (nSPS) is 9.75. The molecule has 0 atom stereocenters. The molecule has 0 saturated carbocycles. The van der Waals surface area contributed by atoms with Gasteiger partial charge in [-0.2, -0.15) is 0 Å². The number of anilines is 1. The number of carbonyl (C=O) groups is 3. The van der Waals surface area contributed by atoms with Gasteiger partial charge >= 0.3 is 11.9 Å². The zero-order valence-electron chi connectivity index (χ0n) is 11.7. The number of hydrogen-bond acceptors (Lipinski definition) is 5. The van der Waals surface area contributed by atoms with Crippen molar-refractivity contribution < 1.29 is 23.9 Å². The van der Waals surface area contributed by atoms with E-state index in [9.17, 15) is 14.4 Å². The van der Waals surface area contributed by atoms with Crippen LogP contribution >= 0.6 is 0 Å². The average Bonchev–Trinajstić information content (AvgIpc) is 2.36. The second-order valence-corrected chi connectivity index (χ2v) is 4.00. The summed E-state index contributed by atoms with van der Waals surface area (Å²) in [4.78, 5) is 35.1. The van der Waals surface area contributed by atoms with E-state index < -0.39 is 11.9 Å². The molecule has 20 heavy (non-hydrogen) atoms. The van der Waals surface area contributed by atoms with E-state index in [4.69, 9.17) is 9.47 Å². The Morgan fingerprint density at radius 2 is 1.70 bits per heavy atom. The maximum Gasteiger partial charge on any atom is 0.326 e. The molecular weight excluding hydrogens is 262 g/mol. The van der Waals surface area contributed by atoms with Gasteiger partial charge in [0.1, 0.15) is 12.3 Å². The van der Waals surface area contributed by atoms with Gasteiger partial charge < -0.3 is 14.4 Å². The number of ether oxygens (including phenoxy) is 2. The Hall–Kier alpha value is -2.37. The second kappa shape index (κ2) is 7.28. The quantitative estimate of drug-likeness (QED) is 0.603. The van der Waals surface area contributed by atoms with E-state index in [0.717, 1.165) is 0 Å². The predicted molar refractivity (Wildman–Crippen MR) is 72.4 cm³/mol. The fourth-order valence-corrected chi connectivity index (χ4v) is 1.58. The van der Waals surface area contributed by atoms with Crippen LogP contribution in [0.25, 0.3) is 0 Å². The topological polar surface area (TPSA) is 72.9 Å². The van der Waals surface area contributed by atoms with E-state index >= 15 is 0 Å². The standard InChI is InChI=1S/C14H17NO5/c1-4-19-14(18)9-15(10(2)16)12-5-7-13(8-6-12)20-11(3)17/h5-8H,4,9H2,1-3H3. The molecule has 0 N–H and O–H groups in total. The molecule has 0 aliphatic heterocycles. The van der Waals surface area contributed by atoms with E-state index in [1.807, 2.05) is 0 Å². The Kier molecular flexibility index (Phi) is 5.71. The molecule has 0 aliphatic carbocycles. The number of amides is 1. The predicted octanol–water partition coefficient (Wildman–Crippen LogP) is 1.53. The van der Waals surface area contributed by atoms with Crippen molar-refractivity contribution in [2.45, 2.75) is 20.8 Å². The third kappa shape index (κ3) is 4.72. The molecule has 1 aromatic carbocycles. The van der Waals surface area contributed by atoms with Crippen LogP contribution in [0.3, 0.4) is 0 Å². The fourth-order valence-electron chi connectivity index (χ4n) is 1.58. The lowest BCUT2D eigenvalue weighted by molar-refractivity contribution is -0.142. The summed E-state index contributed by atoms with van der Waals surface area (Å²) in [5, 5.41) is 0. The molecule has 0 spiro atoms. The van der Waals surface area contributed by atoms with Crippen LogP contribution in [0.1, 0.15) is 20.8 Å². The fraction of sp³-hybridized carbons (Fsp3) is 0.357. The molecule has 1 rings (SSSR count). The molecule has 1 amide bonds. The van der Waals surface area contributed by atoms with Crippen molar-refractivity contribution in [3.05, 3.63) is 24.3 Å². The van der Waals surface area contributed by atoms with Crippen molar-refractivity contribution in [1.29, 1.82) is 0 Å². The number of carbonyl (C=O) groups excluding carboxylic acids is 3. The van der Waals surface area contributed by atoms with Crippen LogP contribution in [-0.4, -0.2) is 31.0 Å². The van der Waals surface area contributed by atoms with Gasteiger partial charge in [0.05, 0.1) is 6.61 Å². The van der Waals surface area contributed by atoms with Gasteiger partial charge in [-0.3, -0.25) is 14.4 Å². The first-order chi connectivity index (χ1) is 9.43.